The van der Waals surface area contributed by atoms with Gasteiger partial charge in [-0.3, -0.25) is 9.69 Å². The molecule has 0 aromatic heterocycles. The zero-order chi connectivity index (χ0) is 23.3. The number of nitrogens with one attached hydrogen (secondary N) is 1. The van der Waals surface area contributed by atoms with Crippen LogP contribution in [0.4, 0.5) is 4.79 Å². The molecular formula is C25H26N4O3. The largest absolute Gasteiger partial charge is 0.444 e. The monoisotopic (exact) mass is 430 g/mol. The minimum absolute atomic E-state index is 0.347. The maximum atomic E-state index is 12.6. The van der Waals surface area contributed by atoms with Gasteiger partial charge in [0.05, 0.1) is 17.7 Å². The Kier molecular flexibility index (Phi) is 6.80. The second kappa shape index (κ2) is 9.53. The standard InChI is InChI=1S/C25H26N4O3/c1-25(2,3)32-24(31)29-12-11-22(29)23(30)28-21(16-27)14-17-7-9-19(10-8-17)20-6-4-5-18(13-20)15-26/h4-10,13,21-22H,11-12,14H2,1-3H3,(H,28,30)/t21-,22-/m0/s1. The summed E-state index contributed by atoms with van der Waals surface area (Å²) in [6.07, 6.45) is 0.369. The molecule has 2 aromatic carbocycles. The molecular weight excluding hydrogens is 404 g/mol. The number of hydrogen-bond acceptors (Lipinski definition) is 5. The third kappa shape index (κ3) is 5.65. The summed E-state index contributed by atoms with van der Waals surface area (Å²) in [7, 11) is 0. The summed E-state index contributed by atoms with van der Waals surface area (Å²) in [6, 6.07) is 17.9. The Balaban J connectivity index is 1.60. The summed E-state index contributed by atoms with van der Waals surface area (Å²) in [4.78, 5) is 26.2. The van der Waals surface area contributed by atoms with E-state index in [1.165, 1.54) is 4.90 Å². The lowest BCUT2D eigenvalue weighted by molar-refractivity contribution is -0.130. The van der Waals surface area contributed by atoms with Crippen molar-refractivity contribution in [3.8, 4) is 23.3 Å². The highest BCUT2D eigenvalue weighted by molar-refractivity contribution is 5.87. The molecule has 2 atom stereocenters. The lowest BCUT2D eigenvalue weighted by Gasteiger charge is -2.40. The van der Waals surface area contributed by atoms with Crippen LogP contribution in [0.1, 0.15) is 38.3 Å². The van der Waals surface area contributed by atoms with Crippen LogP contribution in [0.25, 0.3) is 11.1 Å². The van der Waals surface area contributed by atoms with Crippen LogP contribution in [-0.4, -0.2) is 41.1 Å². The Morgan fingerprint density at radius 3 is 2.44 bits per heavy atom. The number of ether oxygens (including phenoxy) is 1. The molecule has 3 rings (SSSR count). The maximum Gasteiger partial charge on any atom is 0.410 e. The van der Waals surface area contributed by atoms with E-state index in [0.717, 1.165) is 16.7 Å². The lowest BCUT2D eigenvalue weighted by Crippen LogP contribution is -2.60. The minimum atomic E-state index is -0.712. The van der Waals surface area contributed by atoms with Crippen LogP contribution in [0, 0.1) is 22.7 Å². The Morgan fingerprint density at radius 2 is 1.88 bits per heavy atom. The predicted octanol–water partition coefficient (Wildman–Crippen LogP) is 3.79. The SMILES string of the molecule is CC(C)(C)OC(=O)N1CC[C@H]1C(=O)N[C@H](C#N)Cc1ccc(-c2cccc(C#N)c2)cc1. The molecule has 0 unspecified atom stereocenters. The van der Waals surface area contributed by atoms with E-state index in [4.69, 9.17) is 10.00 Å². The van der Waals surface area contributed by atoms with Gasteiger partial charge in [-0.05, 0) is 56.0 Å². The van der Waals surface area contributed by atoms with E-state index >= 15 is 0 Å². The Labute approximate surface area is 188 Å². The average molecular weight is 431 g/mol. The van der Waals surface area contributed by atoms with E-state index in [1.807, 2.05) is 42.5 Å². The molecule has 1 fully saturated rings. The second-order valence-electron chi connectivity index (χ2n) is 8.76. The summed E-state index contributed by atoms with van der Waals surface area (Å²) in [6.45, 7) is 5.78. The number of rotatable bonds is 5. The van der Waals surface area contributed by atoms with Gasteiger partial charge >= 0.3 is 6.09 Å². The summed E-state index contributed by atoms with van der Waals surface area (Å²) in [5.74, 6) is -0.349. The normalized spacial score (nSPS) is 16.2. The zero-order valence-electron chi connectivity index (χ0n) is 18.5. The van der Waals surface area contributed by atoms with Crippen LogP contribution in [0.2, 0.25) is 0 Å². The van der Waals surface area contributed by atoms with Crippen molar-refractivity contribution in [2.24, 2.45) is 0 Å². The molecule has 0 radical (unpaired) electrons. The van der Waals surface area contributed by atoms with E-state index in [-0.39, 0.29) is 5.91 Å². The fourth-order valence-corrected chi connectivity index (χ4v) is 3.43. The van der Waals surface area contributed by atoms with Crippen molar-refractivity contribution in [3.05, 3.63) is 59.7 Å². The molecule has 1 saturated heterocycles. The summed E-state index contributed by atoms with van der Waals surface area (Å²) >= 11 is 0. The molecule has 0 saturated carbocycles. The van der Waals surface area contributed by atoms with Gasteiger partial charge in [0.25, 0.3) is 0 Å². The van der Waals surface area contributed by atoms with Gasteiger partial charge < -0.3 is 10.1 Å². The van der Waals surface area contributed by atoms with Crippen molar-refractivity contribution in [2.45, 2.75) is 51.3 Å². The van der Waals surface area contributed by atoms with Gasteiger partial charge in [0.15, 0.2) is 0 Å². The molecule has 2 amide bonds. The molecule has 1 aliphatic heterocycles. The Bertz CT molecular complexity index is 1070. The minimum Gasteiger partial charge on any atom is -0.444 e. The maximum absolute atomic E-state index is 12.6. The lowest BCUT2D eigenvalue weighted by atomic mass is 9.99. The van der Waals surface area contributed by atoms with E-state index in [2.05, 4.69) is 17.5 Å². The molecule has 0 spiro atoms. The highest BCUT2D eigenvalue weighted by Crippen LogP contribution is 2.23. The van der Waals surface area contributed by atoms with Crippen molar-refractivity contribution >= 4 is 12.0 Å². The predicted molar refractivity (Wildman–Crippen MR) is 119 cm³/mol. The highest BCUT2D eigenvalue weighted by atomic mass is 16.6. The first-order valence-electron chi connectivity index (χ1n) is 10.5. The fraction of sp³-hybridized carbons (Fsp3) is 0.360. The van der Waals surface area contributed by atoms with E-state index in [9.17, 15) is 14.9 Å². The smallest absolute Gasteiger partial charge is 0.410 e. The molecule has 1 aliphatic rings. The van der Waals surface area contributed by atoms with E-state index < -0.39 is 23.8 Å². The molecule has 7 heteroatoms. The molecule has 0 bridgehead atoms. The van der Waals surface area contributed by atoms with Crippen molar-refractivity contribution in [1.29, 1.82) is 10.5 Å². The van der Waals surface area contributed by atoms with Gasteiger partial charge in [-0.1, -0.05) is 36.4 Å². The molecule has 0 aliphatic carbocycles. The van der Waals surface area contributed by atoms with Crippen LogP contribution >= 0.6 is 0 Å². The van der Waals surface area contributed by atoms with Gasteiger partial charge in [0.1, 0.15) is 17.7 Å². The van der Waals surface area contributed by atoms with Crippen LogP contribution in [0.3, 0.4) is 0 Å². The van der Waals surface area contributed by atoms with Crippen molar-refractivity contribution in [1.82, 2.24) is 10.2 Å². The number of likely N-dealkylation sites (tertiary alicyclic amines) is 1. The number of carbonyl (C=O) groups is 2. The number of carbonyl (C=O) groups excluding carboxylic acids is 2. The fourth-order valence-electron chi connectivity index (χ4n) is 3.43. The second-order valence-corrected chi connectivity index (χ2v) is 8.76. The van der Waals surface area contributed by atoms with Crippen molar-refractivity contribution < 1.29 is 14.3 Å². The van der Waals surface area contributed by atoms with Crippen molar-refractivity contribution in [3.63, 3.8) is 0 Å². The molecule has 32 heavy (non-hydrogen) atoms. The van der Waals surface area contributed by atoms with Gasteiger partial charge in [-0.2, -0.15) is 10.5 Å². The number of nitrogens with zero attached hydrogens (tertiary/aromatic N) is 3. The van der Waals surface area contributed by atoms with Crippen molar-refractivity contribution in [2.75, 3.05) is 6.54 Å². The first kappa shape index (κ1) is 22.8. The first-order valence-corrected chi connectivity index (χ1v) is 10.5. The molecule has 7 nitrogen and oxygen atoms in total. The third-order valence-electron chi connectivity index (χ3n) is 5.14. The average Bonchev–Trinajstić information content (AvgIpc) is 2.71. The molecule has 164 valence electrons. The molecule has 1 N–H and O–H groups in total. The van der Waals surface area contributed by atoms with Gasteiger partial charge in [0, 0.05) is 13.0 Å². The van der Waals surface area contributed by atoms with Gasteiger partial charge in [-0.25, -0.2) is 4.79 Å². The van der Waals surface area contributed by atoms with Gasteiger partial charge in [-0.15, -0.1) is 0 Å². The first-order chi connectivity index (χ1) is 15.2. The number of amides is 2. The number of nitriles is 2. The van der Waals surface area contributed by atoms with Crippen LogP contribution in [0.5, 0.6) is 0 Å². The van der Waals surface area contributed by atoms with Crippen LogP contribution in [0.15, 0.2) is 48.5 Å². The summed E-state index contributed by atoms with van der Waals surface area (Å²) in [5.41, 5.74) is 2.76. The Hall–Kier alpha value is -3.84. The van der Waals surface area contributed by atoms with Crippen LogP contribution in [-0.2, 0) is 16.0 Å². The van der Waals surface area contributed by atoms with E-state index in [1.54, 1.807) is 26.8 Å². The number of hydrogen-bond donors (Lipinski definition) is 1. The zero-order valence-corrected chi connectivity index (χ0v) is 18.5. The quantitative estimate of drug-likeness (QED) is 0.777. The van der Waals surface area contributed by atoms with E-state index in [0.29, 0.717) is 24.9 Å². The number of benzene rings is 2. The molecule has 1 heterocycles. The highest BCUT2D eigenvalue weighted by Gasteiger charge is 2.40. The molecule has 2 aromatic rings. The topological polar surface area (TPSA) is 106 Å². The summed E-state index contributed by atoms with van der Waals surface area (Å²) < 4.78 is 5.34. The van der Waals surface area contributed by atoms with Gasteiger partial charge in [0.2, 0.25) is 5.91 Å². The third-order valence-corrected chi connectivity index (χ3v) is 5.14. The summed E-state index contributed by atoms with van der Waals surface area (Å²) in [5, 5.41) is 21.3. The Morgan fingerprint density at radius 1 is 1.16 bits per heavy atom. The van der Waals surface area contributed by atoms with Crippen LogP contribution < -0.4 is 5.32 Å².